The van der Waals surface area contributed by atoms with E-state index in [-0.39, 0.29) is 12.0 Å². The molecule has 0 aromatic heterocycles. The van der Waals surface area contributed by atoms with Crippen molar-refractivity contribution in [2.24, 2.45) is 11.8 Å². The summed E-state index contributed by atoms with van der Waals surface area (Å²) in [5, 5.41) is 10.4. The first-order chi connectivity index (χ1) is 9.70. The normalized spacial score (nSPS) is 23.4. The van der Waals surface area contributed by atoms with E-state index in [0.29, 0.717) is 5.92 Å². The number of aliphatic hydroxyl groups excluding tert-OH is 1. The van der Waals surface area contributed by atoms with Crippen LogP contribution in [0.3, 0.4) is 0 Å². The molecule has 1 aliphatic heterocycles. The maximum absolute atomic E-state index is 10.4. The fraction of sp³-hybridized carbons (Fsp3) is 0.647. The molecular weight excluding hydrogens is 250 g/mol. The van der Waals surface area contributed by atoms with Gasteiger partial charge >= 0.3 is 0 Å². The molecule has 20 heavy (non-hydrogen) atoms. The number of hydrogen-bond donors (Lipinski definition) is 1. The smallest absolute Gasteiger partial charge is 0.0827 e. The average molecular weight is 277 g/mol. The molecule has 1 aromatic rings. The van der Waals surface area contributed by atoms with Crippen LogP contribution in [0, 0.1) is 11.8 Å². The molecule has 1 fully saturated rings. The van der Waals surface area contributed by atoms with Crippen LogP contribution in [0.25, 0.3) is 0 Å². The summed E-state index contributed by atoms with van der Waals surface area (Å²) in [6.07, 6.45) is 2.13. The van der Waals surface area contributed by atoms with Gasteiger partial charge in [0, 0.05) is 20.2 Å². The topological polar surface area (TPSA) is 32.7 Å². The van der Waals surface area contributed by atoms with E-state index in [2.05, 4.69) is 11.8 Å². The van der Waals surface area contributed by atoms with Crippen molar-refractivity contribution < 1.29 is 9.84 Å². The lowest BCUT2D eigenvalue weighted by Gasteiger charge is -2.35. The van der Waals surface area contributed by atoms with Gasteiger partial charge in [0.1, 0.15) is 0 Å². The van der Waals surface area contributed by atoms with Gasteiger partial charge in [0.25, 0.3) is 0 Å². The van der Waals surface area contributed by atoms with Crippen molar-refractivity contribution in [3.63, 3.8) is 0 Å². The number of hydrogen-bond acceptors (Lipinski definition) is 3. The fourth-order valence-electron chi connectivity index (χ4n) is 3.17. The SMILES string of the molecule is COCC1CCCN(CC(C)C(O)c2ccccc2)C1. The summed E-state index contributed by atoms with van der Waals surface area (Å²) in [6.45, 7) is 6.19. The highest BCUT2D eigenvalue weighted by atomic mass is 16.5. The number of ether oxygens (including phenoxy) is 1. The van der Waals surface area contributed by atoms with Crippen molar-refractivity contribution in [1.29, 1.82) is 0 Å². The van der Waals surface area contributed by atoms with Crippen LogP contribution >= 0.6 is 0 Å². The summed E-state index contributed by atoms with van der Waals surface area (Å²) in [7, 11) is 1.78. The van der Waals surface area contributed by atoms with Crippen molar-refractivity contribution in [1.82, 2.24) is 4.90 Å². The summed E-state index contributed by atoms with van der Waals surface area (Å²) in [6, 6.07) is 9.97. The predicted octanol–water partition coefficient (Wildman–Crippen LogP) is 2.71. The highest BCUT2D eigenvalue weighted by molar-refractivity contribution is 5.17. The molecule has 112 valence electrons. The molecule has 0 aliphatic carbocycles. The largest absolute Gasteiger partial charge is 0.388 e. The molecule has 3 atom stereocenters. The molecule has 0 bridgehead atoms. The van der Waals surface area contributed by atoms with Crippen molar-refractivity contribution >= 4 is 0 Å². The zero-order valence-electron chi connectivity index (χ0n) is 12.7. The van der Waals surface area contributed by atoms with E-state index in [1.165, 1.54) is 12.8 Å². The lowest BCUT2D eigenvalue weighted by atomic mass is 9.94. The lowest BCUT2D eigenvalue weighted by Crippen LogP contribution is -2.40. The van der Waals surface area contributed by atoms with E-state index in [9.17, 15) is 5.11 Å². The molecule has 0 amide bonds. The monoisotopic (exact) mass is 277 g/mol. The first-order valence-corrected chi connectivity index (χ1v) is 7.65. The van der Waals surface area contributed by atoms with Crippen LogP contribution in [0.2, 0.25) is 0 Å². The zero-order chi connectivity index (χ0) is 14.4. The van der Waals surface area contributed by atoms with Crippen molar-refractivity contribution in [2.75, 3.05) is 33.4 Å². The van der Waals surface area contributed by atoms with Gasteiger partial charge in [-0.3, -0.25) is 0 Å². The molecule has 1 N–H and O–H groups in total. The van der Waals surface area contributed by atoms with Gasteiger partial charge in [0.15, 0.2) is 0 Å². The van der Waals surface area contributed by atoms with E-state index in [1.807, 2.05) is 30.3 Å². The van der Waals surface area contributed by atoms with Gasteiger partial charge in [-0.05, 0) is 36.8 Å². The quantitative estimate of drug-likeness (QED) is 0.868. The first kappa shape index (κ1) is 15.5. The third kappa shape index (κ3) is 4.30. The average Bonchev–Trinajstić information content (AvgIpc) is 2.48. The fourth-order valence-corrected chi connectivity index (χ4v) is 3.17. The number of nitrogens with zero attached hydrogens (tertiary/aromatic N) is 1. The number of benzene rings is 1. The number of methoxy groups -OCH3 is 1. The van der Waals surface area contributed by atoms with Crippen molar-refractivity contribution in [2.45, 2.75) is 25.9 Å². The Kier molecular flexibility index (Phi) is 6.02. The maximum atomic E-state index is 10.4. The Morgan fingerprint density at radius 1 is 1.35 bits per heavy atom. The molecule has 1 aromatic carbocycles. The van der Waals surface area contributed by atoms with Crippen LogP contribution < -0.4 is 0 Å². The first-order valence-electron chi connectivity index (χ1n) is 7.65. The molecule has 3 unspecified atom stereocenters. The van der Waals surface area contributed by atoms with Crippen LogP contribution in [0.1, 0.15) is 31.4 Å². The molecular formula is C17H27NO2. The van der Waals surface area contributed by atoms with E-state index < -0.39 is 0 Å². The van der Waals surface area contributed by atoms with Gasteiger partial charge in [0.05, 0.1) is 12.7 Å². The second-order valence-corrected chi connectivity index (χ2v) is 6.06. The van der Waals surface area contributed by atoms with Crippen molar-refractivity contribution in [3.05, 3.63) is 35.9 Å². The minimum atomic E-state index is -0.376. The minimum absolute atomic E-state index is 0.249. The summed E-state index contributed by atoms with van der Waals surface area (Å²) in [4.78, 5) is 2.48. The molecule has 2 rings (SSSR count). The van der Waals surface area contributed by atoms with E-state index in [1.54, 1.807) is 7.11 Å². The molecule has 0 radical (unpaired) electrons. The molecule has 3 heteroatoms. The van der Waals surface area contributed by atoms with Crippen LogP contribution in [0.4, 0.5) is 0 Å². The Morgan fingerprint density at radius 2 is 2.10 bits per heavy atom. The van der Waals surface area contributed by atoms with Gasteiger partial charge in [-0.2, -0.15) is 0 Å². The summed E-state index contributed by atoms with van der Waals surface area (Å²) in [5.41, 5.74) is 1.02. The third-order valence-corrected chi connectivity index (χ3v) is 4.23. The van der Waals surface area contributed by atoms with Crippen molar-refractivity contribution in [3.8, 4) is 0 Å². The number of rotatable bonds is 6. The van der Waals surface area contributed by atoms with Gasteiger partial charge < -0.3 is 14.7 Å². The third-order valence-electron chi connectivity index (χ3n) is 4.23. The Labute approximate surface area is 122 Å². The Hall–Kier alpha value is -0.900. The standard InChI is InChI=1S/C17H27NO2/c1-14(17(19)16-8-4-3-5-9-16)11-18-10-6-7-15(12-18)13-20-2/h3-5,8-9,14-15,17,19H,6-7,10-13H2,1-2H3. The number of aliphatic hydroxyl groups is 1. The van der Waals surface area contributed by atoms with E-state index >= 15 is 0 Å². The highest BCUT2D eigenvalue weighted by Gasteiger charge is 2.24. The van der Waals surface area contributed by atoms with E-state index in [4.69, 9.17) is 4.74 Å². The summed E-state index contributed by atoms with van der Waals surface area (Å²) < 4.78 is 5.28. The van der Waals surface area contributed by atoms with Gasteiger partial charge in [-0.25, -0.2) is 0 Å². The second kappa shape index (κ2) is 7.77. The number of piperidine rings is 1. The van der Waals surface area contributed by atoms with Gasteiger partial charge in [-0.1, -0.05) is 37.3 Å². The minimum Gasteiger partial charge on any atom is -0.388 e. The highest BCUT2D eigenvalue weighted by Crippen LogP contribution is 2.24. The van der Waals surface area contributed by atoms with Crippen LogP contribution in [-0.4, -0.2) is 43.4 Å². The summed E-state index contributed by atoms with van der Waals surface area (Å²) >= 11 is 0. The molecule has 3 nitrogen and oxygen atoms in total. The summed E-state index contributed by atoms with van der Waals surface area (Å²) in [5.74, 6) is 0.897. The van der Waals surface area contributed by atoms with Crippen LogP contribution in [-0.2, 0) is 4.74 Å². The van der Waals surface area contributed by atoms with Gasteiger partial charge in [0.2, 0.25) is 0 Å². The van der Waals surface area contributed by atoms with Crippen LogP contribution in [0.15, 0.2) is 30.3 Å². The van der Waals surface area contributed by atoms with Gasteiger partial charge in [-0.15, -0.1) is 0 Å². The van der Waals surface area contributed by atoms with Crippen LogP contribution in [0.5, 0.6) is 0 Å². The predicted molar refractivity (Wildman–Crippen MR) is 81.6 cm³/mol. The Bertz CT molecular complexity index is 380. The molecule has 0 spiro atoms. The second-order valence-electron chi connectivity index (χ2n) is 6.06. The number of likely N-dealkylation sites (tertiary alicyclic amines) is 1. The van der Waals surface area contributed by atoms with E-state index in [0.717, 1.165) is 31.8 Å². The molecule has 0 saturated carbocycles. The Morgan fingerprint density at radius 3 is 2.80 bits per heavy atom. The molecule has 1 heterocycles. The maximum Gasteiger partial charge on any atom is 0.0827 e. The zero-order valence-corrected chi connectivity index (χ0v) is 12.7. The molecule has 1 aliphatic rings. The lowest BCUT2D eigenvalue weighted by molar-refractivity contribution is 0.0528. The Balaban J connectivity index is 1.86. The molecule has 1 saturated heterocycles.